The molecule has 2 aromatic carbocycles. The summed E-state index contributed by atoms with van der Waals surface area (Å²) in [4.78, 5) is 26.7. The van der Waals surface area contributed by atoms with Crippen LogP contribution in [0.5, 0.6) is 5.75 Å². The minimum atomic E-state index is -0.570. The molecule has 0 aromatic heterocycles. The Morgan fingerprint density at radius 3 is 2.54 bits per heavy atom. The SMILES string of the molecule is COc1ccc(C(=O)OCC(=O)Nc2ccc(N3CCCC3)cc2C)cc1Br. The van der Waals surface area contributed by atoms with Crippen molar-refractivity contribution < 1.29 is 19.1 Å². The first kappa shape index (κ1) is 20.2. The molecule has 0 atom stereocenters. The van der Waals surface area contributed by atoms with E-state index in [-0.39, 0.29) is 12.5 Å². The smallest absolute Gasteiger partial charge is 0.338 e. The van der Waals surface area contributed by atoms with Crippen molar-refractivity contribution in [3.05, 3.63) is 52.0 Å². The lowest BCUT2D eigenvalue weighted by molar-refractivity contribution is -0.119. The predicted molar refractivity (Wildman–Crippen MR) is 112 cm³/mol. The lowest BCUT2D eigenvalue weighted by Crippen LogP contribution is -2.22. The van der Waals surface area contributed by atoms with Crippen molar-refractivity contribution in [3.63, 3.8) is 0 Å². The summed E-state index contributed by atoms with van der Waals surface area (Å²) in [6, 6.07) is 10.8. The third kappa shape index (κ3) is 4.84. The summed E-state index contributed by atoms with van der Waals surface area (Å²) in [5, 5.41) is 2.80. The highest BCUT2D eigenvalue weighted by Crippen LogP contribution is 2.26. The molecule has 1 fully saturated rings. The molecule has 1 aliphatic rings. The van der Waals surface area contributed by atoms with Crippen molar-refractivity contribution in [1.82, 2.24) is 0 Å². The third-order valence-electron chi connectivity index (χ3n) is 4.68. The van der Waals surface area contributed by atoms with Gasteiger partial charge in [-0.1, -0.05) is 0 Å². The quantitative estimate of drug-likeness (QED) is 0.674. The Hall–Kier alpha value is -2.54. The van der Waals surface area contributed by atoms with Crippen LogP contribution in [0.1, 0.15) is 28.8 Å². The maximum absolute atomic E-state index is 12.2. The number of ether oxygens (including phenoxy) is 2. The van der Waals surface area contributed by atoms with Crippen LogP contribution >= 0.6 is 15.9 Å². The molecule has 0 radical (unpaired) electrons. The molecule has 28 heavy (non-hydrogen) atoms. The lowest BCUT2D eigenvalue weighted by atomic mass is 10.1. The van der Waals surface area contributed by atoms with E-state index < -0.39 is 5.97 Å². The maximum Gasteiger partial charge on any atom is 0.338 e. The van der Waals surface area contributed by atoms with Gasteiger partial charge < -0.3 is 19.7 Å². The molecule has 1 amide bonds. The molecule has 148 valence electrons. The highest BCUT2D eigenvalue weighted by Gasteiger charge is 2.15. The Balaban J connectivity index is 1.55. The van der Waals surface area contributed by atoms with E-state index in [0.717, 1.165) is 24.3 Å². The number of amides is 1. The zero-order chi connectivity index (χ0) is 20.1. The number of rotatable bonds is 6. The molecule has 0 bridgehead atoms. The van der Waals surface area contributed by atoms with Crippen molar-refractivity contribution in [2.45, 2.75) is 19.8 Å². The van der Waals surface area contributed by atoms with E-state index in [1.807, 2.05) is 19.1 Å². The predicted octanol–water partition coefficient (Wildman–Crippen LogP) is 4.16. The summed E-state index contributed by atoms with van der Waals surface area (Å²) in [6.07, 6.45) is 2.43. The molecule has 3 rings (SSSR count). The van der Waals surface area contributed by atoms with Crippen molar-refractivity contribution in [3.8, 4) is 5.75 Å². The van der Waals surface area contributed by atoms with Gasteiger partial charge in [-0.25, -0.2) is 4.79 Å². The number of nitrogens with zero attached hydrogens (tertiary/aromatic N) is 1. The van der Waals surface area contributed by atoms with E-state index in [9.17, 15) is 9.59 Å². The van der Waals surface area contributed by atoms with Gasteiger partial charge in [-0.05, 0) is 77.7 Å². The first-order chi connectivity index (χ1) is 13.5. The molecule has 1 aliphatic heterocycles. The third-order valence-corrected chi connectivity index (χ3v) is 5.30. The van der Waals surface area contributed by atoms with Gasteiger partial charge in [0.2, 0.25) is 0 Å². The zero-order valence-corrected chi connectivity index (χ0v) is 17.5. The molecular formula is C21H23BrN2O4. The topological polar surface area (TPSA) is 67.9 Å². The molecule has 2 aromatic rings. The minimum absolute atomic E-state index is 0.339. The van der Waals surface area contributed by atoms with Gasteiger partial charge in [-0.15, -0.1) is 0 Å². The van der Waals surface area contributed by atoms with E-state index in [4.69, 9.17) is 9.47 Å². The van der Waals surface area contributed by atoms with Crippen LogP contribution in [0.25, 0.3) is 0 Å². The number of nitrogens with one attached hydrogen (secondary N) is 1. The van der Waals surface area contributed by atoms with Crippen LogP contribution in [-0.2, 0) is 9.53 Å². The Morgan fingerprint density at radius 1 is 1.14 bits per heavy atom. The molecule has 7 heteroatoms. The fourth-order valence-electron chi connectivity index (χ4n) is 3.15. The Kier molecular flexibility index (Phi) is 6.57. The fourth-order valence-corrected chi connectivity index (χ4v) is 3.69. The van der Waals surface area contributed by atoms with Gasteiger partial charge in [-0.2, -0.15) is 0 Å². The number of methoxy groups -OCH3 is 1. The average molecular weight is 447 g/mol. The Bertz CT molecular complexity index is 879. The first-order valence-electron chi connectivity index (χ1n) is 9.14. The van der Waals surface area contributed by atoms with Crippen LogP contribution < -0.4 is 15.0 Å². The summed E-state index contributed by atoms with van der Waals surface area (Å²) in [5.41, 5.74) is 3.20. The number of carbonyl (C=O) groups is 2. The summed E-state index contributed by atoms with van der Waals surface area (Å²) >= 11 is 3.32. The largest absolute Gasteiger partial charge is 0.496 e. The van der Waals surface area contributed by atoms with Gasteiger partial charge >= 0.3 is 5.97 Å². The van der Waals surface area contributed by atoms with Crippen LogP contribution in [-0.4, -0.2) is 38.7 Å². The highest BCUT2D eigenvalue weighted by atomic mass is 79.9. The molecular weight excluding hydrogens is 424 g/mol. The van der Waals surface area contributed by atoms with Crippen LogP contribution in [0.4, 0.5) is 11.4 Å². The normalized spacial score (nSPS) is 13.3. The molecule has 0 aliphatic carbocycles. The van der Waals surface area contributed by atoms with Gasteiger partial charge in [-0.3, -0.25) is 4.79 Å². The van der Waals surface area contributed by atoms with E-state index in [1.54, 1.807) is 25.3 Å². The number of halogens is 1. The second-order valence-corrected chi connectivity index (χ2v) is 7.52. The van der Waals surface area contributed by atoms with Gasteiger partial charge in [0.15, 0.2) is 6.61 Å². The average Bonchev–Trinajstić information content (AvgIpc) is 3.22. The van der Waals surface area contributed by atoms with Crippen molar-refractivity contribution in [2.75, 3.05) is 37.0 Å². The van der Waals surface area contributed by atoms with Gasteiger partial charge in [0.05, 0.1) is 17.1 Å². The molecule has 0 unspecified atom stereocenters. The van der Waals surface area contributed by atoms with Crippen molar-refractivity contribution >= 4 is 39.2 Å². The van der Waals surface area contributed by atoms with Crippen LogP contribution in [0.15, 0.2) is 40.9 Å². The number of esters is 1. The monoisotopic (exact) mass is 446 g/mol. The van der Waals surface area contributed by atoms with Crippen LogP contribution in [0, 0.1) is 6.92 Å². The lowest BCUT2D eigenvalue weighted by Gasteiger charge is -2.19. The molecule has 1 heterocycles. The number of carbonyl (C=O) groups excluding carboxylic acids is 2. The standard InChI is InChI=1S/C21H23BrN2O4/c1-14-11-16(24-9-3-4-10-24)6-7-18(14)23-20(25)13-28-21(26)15-5-8-19(27-2)17(22)12-15/h5-8,11-12H,3-4,9-10,13H2,1-2H3,(H,23,25). The maximum atomic E-state index is 12.2. The molecule has 0 spiro atoms. The summed E-state index contributed by atoms with van der Waals surface area (Å²) in [7, 11) is 1.54. The van der Waals surface area contributed by atoms with E-state index in [0.29, 0.717) is 15.8 Å². The molecule has 0 saturated carbocycles. The van der Waals surface area contributed by atoms with Gasteiger partial charge in [0, 0.05) is 24.5 Å². The van der Waals surface area contributed by atoms with E-state index in [2.05, 4.69) is 32.2 Å². The number of benzene rings is 2. The van der Waals surface area contributed by atoms with E-state index in [1.165, 1.54) is 18.5 Å². The number of hydrogen-bond donors (Lipinski definition) is 1. The molecule has 1 saturated heterocycles. The van der Waals surface area contributed by atoms with Crippen LogP contribution in [0.2, 0.25) is 0 Å². The molecule has 6 nitrogen and oxygen atoms in total. The first-order valence-corrected chi connectivity index (χ1v) is 9.93. The summed E-state index contributed by atoms with van der Waals surface area (Å²) in [6.45, 7) is 3.75. The zero-order valence-electron chi connectivity index (χ0n) is 16.0. The number of aryl methyl sites for hydroxylation is 1. The Morgan fingerprint density at radius 2 is 1.89 bits per heavy atom. The highest BCUT2D eigenvalue weighted by molar-refractivity contribution is 9.10. The van der Waals surface area contributed by atoms with Gasteiger partial charge in [0.1, 0.15) is 5.75 Å². The fraction of sp³-hybridized carbons (Fsp3) is 0.333. The van der Waals surface area contributed by atoms with E-state index >= 15 is 0 Å². The Labute approximate surface area is 172 Å². The van der Waals surface area contributed by atoms with Crippen LogP contribution in [0.3, 0.4) is 0 Å². The van der Waals surface area contributed by atoms with Crippen molar-refractivity contribution in [1.29, 1.82) is 0 Å². The number of anilines is 2. The second kappa shape index (κ2) is 9.10. The summed E-state index contributed by atoms with van der Waals surface area (Å²) < 4.78 is 10.9. The second-order valence-electron chi connectivity index (χ2n) is 6.67. The van der Waals surface area contributed by atoms with Crippen molar-refractivity contribution in [2.24, 2.45) is 0 Å². The summed E-state index contributed by atoms with van der Waals surface area (Å²) in [5.74, 6) is -0.334. The minimum Gasteiger partial charge on any atom is -0.496 e. The molecule has 1 N–H and O–H groups in total. The number of hydrogen-bond acceptors (Lipinski definition) is 5. The van der Waals surface area contributed by atoms with Gasteiger partial charge in [0.25, 0.3) is 5.91 Å².